The summed E-state index contributed by atoms with van der Waals surface area (Å²) in [5.41, 5.74) is -0.376. The fraction of sp³-hybridized carbons (Fsp3) is 0.538. The molecule has 2 N–H and O–H groups in total. The van der Waals surface area contributed by atoms with Crippen molar-refractivity contribution < 1.29 is 19.1 Å². The van der Waals surface area contributed by atoms with E-state index in [4.69, 9.17) is 9.52 Å². The molecule has 2 heterocycles. The van der Waals surface area contributed by atoms with Crippen LogP contribution in [0.25, 0.3) is 0 Å². The summed E-state index contributed by atoms with van der Waals surface area (Å²) in [5.74, 6) is -0.490. The van der Waals surface area contributed by atoms with Crippen LogP contribution < -0.4 is 5.32 Å². The fourth-order valence-corrected chi connectivity index (χ4v) is 2.23. The van der Waals surface area contributed by atoms with Gasteiger partial charge < -0.3 is 19.7 Å². The lowest BCUT2D eigenvalue weighted by molar-refractivity contribution is -0.149. The van der Waals surface area contributed by atoms with Gasteiger partial charge in [0.05, 0.1) is 30.8 Å². The third-order valence-corrected chi connectivity index (χ3v) is 3.35. The number of aliphatic carboxylic acids is 1. The summed E-state index contributed by atoms with van der Waals surface area (Å²) in [6, 6.07) is 2.90. The predicted octanol–water partition coefficient (Wildman–Crippen LogP) is 0.833. The molecule has 1 aliphatic rings. The zero-order valence-corrected chi connectivity index (χ0v) is 11.0. The van der Waals surface area contributed by atoms with Crippen LogP contribution in [-0.4, -0.2) is 40.0 Å². The molecule has 6 heteroatoms. The molecule has 1 atom stereocenters. The Bertz CT molecular complexity index is 467. The first-order chi connectivity index (χ1) is 8.90. The Balaban J connectivity index is 2.15. The summed E-state index contributed by atoms with van der Waals surface area (Å²) in [6.07, 6.45) is 1.35. The molecule has 19 heavy (non-hydrogen) atoms. The molecule has 2 rings (SSSR count). The highest BCUT2D eigenvalue weighted by Crippen LogP contribution is 2.23. The highest BCUT2D eigenvalue weighted by atomic mass is 16.4. The number of nitrogens with one attached hydrogen (secondary N) is 1. The first-order valence-electron chi connectivity index (χ1n) is 6.19. The van der Waals surface area contributed by atoms with Gasteiger partial charge in [-0.05, 0) is 26.0 Å². The molecule has 1 aromatic rings. The van der Waals surface area contributed by atoms with E-state index in [9.17, 15) is 9.59 Å². The van der Waals surface area contributed by atoms with Gasteiger partial charge in [0.1, 0.15) is 5.76 Å². The summed E-state index contributed by atoms with van der Waals surface area (Å²) in [7, 11) is 0. The zero-order valence-electron chi connectivity index (χ0n) is 11.0. The van der Waals surface area contributed by atoms with Crippen LogP contribution in [0.2, 0.25) is 0 Å². The van der Waals surface area contributed by atoms with E-state index in [0.29, 0.717) is 18.8 Å². The molecule has 0 saturated carbocycles. The number of hydrogen-bond acceptors (Lipinski definition) is 4. The number of rotatable bonds is 4. The Morgan fingerprint density at radius 1 is 1.63 bits per heavy atom. The average molecular weight is 266 g/mol. The summed E-state index contributed by atoms with van der Waals surface area (Å²) in [6.45, 7) is 4.80. The second kappa shape index (κ2) is 5.05. The number of amides is 1. The van der Waals surface area contributed by atoms with Gasteiger partial charge in [-0.1, -0.05) is 0 Å². The van der Waals surface area contributed by atoms with Crippen LogP contribution in [0.1, 0.15) is 26.0 Å². The second-order valence-corrected chi connectivity index (χ2v) is 5.35. The number of carboxylic acids is 1. The van der Waals surface area contributed by atoms with Crippen molar-refractivity contribution >= 4 is 11.9 Å². The van der Waals surface area contributed by atoms with Crippen LogP contribution in [0.3, 0.4) is 0 Å². The van der Waals surface area contributed by atoms with Crippen molar-refractivity contribution in [3.63, 3.8) is 0 Å². The van der Waals surface area contributed by atoms with E-state index in [1.165, 1.54) is 0 Å². The molecule has 0 aliphatic carbocycles. The zero-order chi connectivity index (χ0) is 14.0. The smallest absolute Gasteiger partial charge is 0.305 e. The number of nitrogens with zero attached hydrogens (tertiary/aromatic N) is 1. The molecule has 1 fully saturated rings. The van der Waals surface area contributed by atoms with Gasteiger partial charge in [0.15, 0.2) is 0 Å². The molecular formula is C13H18N2O4. The van der Waals surface area contributed by atoms with Crippen molar-refractivity contribution in [3.05, 3.63) is 24.2 Å². The van der Waals surface area contributed by atoms with E-state index in [1.807, 2.05) is 13.8 Å². The van der Waals surface area contributed by atoms with Gasteiger partial charge in [-0.15, -0.1) is 0 Å². The van der Waals surface area contributed by atoms with Crippen LogP contribution in [-0.2, 0) is 16.1 Å². The normalized spacial score (nSPS) is 22.5. The number of furan rings is 1. The van der Waals surface area contributed by atoms with Crippen molar-refractivity contribution in [1.29, 1.82) is 0 Å². The standard InChI is InChI=1S/C13H18N2O4/c1-13(2)8-14-10(6-11(16)17)12(18)15(13)7-9-4-3-5-19-9/h3-5,10,14H,6-8H2,1-2H3,(H,16,17). The minimum absolute atomic E-state index is 0.199. The van der Waals surface area contributed by atoms with Crippen LogP contribution in [0.5, 0.6) is 0 Å². The average Bonchev–Trinajstić information content (AvgIpc) is 2.81. The molecule has 0 spiro atoms. The third kappa shape index (κ3) is 2.96. The molecule has 0 bridgehead atoms. The van der Waals surface area contributed by atoms with Crippen LogP contribution in [0.4, 0.5) is 0 Å². The summed E-state index contributed by atoms with van der Waals surface area (Å²) < 4.78 is 5.26. The van der Waals surface area contributed by atoms with Crippen molar-refractivity contribution in [2.45, 2.75) is 38.4 Å². The maximum atomic E-state index is 12.4. The summed E-state index contributed by atoms with van der Waals surface area (Å²) in [4.78, 5) is 24.8. The Hall–Kier alpha value is -1.82. The Kier molecular flexibility index (Phi) is 3.61. The first-order valence-corrected chi connectivity index (χ1v) is 6.19. The Morgan fingerprint density at radius 2 is 2.37 bits per heavy atom. The molecule has 1 amide bonds. The van der Waals surface area contributed by atoms with E-state index in [0.717, 1.165) is 0 Å². The van der Waals surface area contributed by atoms with Crippen LogP contribution in [0, 0.1) is 0 Å². The number of hydrogen-bond donors (Lipinski definition) is 2. The minimum Gasteiger partial charge on any atom is -0.481 e. The molecule has 1 aliphatic heterocycles. The quantitative estimate of drug-likeness (QED) is 0.843. The van der Waals surface area contributed by atoms with Gasteiger partial charge in [-0.2, -0.15) is 0 Å². The summed E-state index contributed by atoms with van der Waals surface area (Å²) in [5, 5.41) is 11.8. The molecule has 1 saturated heterocycles. The van der Waals surface area contributed by atoms with E-state index in [1.54, 1.807) is 23.3 Å². The van der Waals surface area contributed by atoms with Crippen molar-refractivity contribution in [2.24, 2.45) is 0 Å². The molecule has 0 aromatic carbocycles. The lowest BCUT2D eigenvalue weighted by atomic mass is 9.95. The topological polar surface area (TPSA) is 82.8 Å². The molecule has 1 unspecified atom stereocenters. The molecule has 6 nitrogen and oxygen atoms in total. The largest absolute Gasteiger partial charge is 0.481 e. The van der Waals surface area contributed by atoms with Gasteiger partial charge in [-0.3, -0.25) is 9.59 Å². The molecule has 0 radical (unpaired) electrons. The number of piperazine rings is 1. The van der Waals surface area contributed by atoms with Gasteiger partial charge in [0.25, 0.3) is 0 Å². The molecular weight excluding hydrogens is 248 g/mol. The van der Waals surface area contributed by atoms with Gasteiger partial charge in [0.2, 0.25) is 5.91 Å². The fourth-order valence-electron chi connectivity index (χ4n) is 2.23. The van der Waals surface area contributed by atoms with Crippen molar-refractivity contribution in [1.82, 2.24) is 10.2 Å². The van der Waals surface area contributed by atoms with E-state index >= 15 is 0 Å². The van der Waals surface area contributed by atoms with Gasteiger partial charge in [0, 0.05) is 6.54 Å². The van der Waals surface area contributed by atoms with Gasteiger partial charge >= 0.3 is 5.97 Å². The Morgan fingerprint density at radius 3 is 2.95 bits per heavy atom. The monoisotopic (exact) mass is 266 g/mol. The second-order valence-electron chi connectivity index (χ2n) is 5.35. The Labute approximate surface area is 111 Å². The maximum absolute atomic E-state index is 12.4. The SMILES string of the molecule is CC1(C)CNC(CC(=O)O)C(=O)N1Cc1ccco1. The van der Waals surface area contributed by atoms with E-state index < -0.39 is 12.0 Å². The highest BCUT2D eigenvalue weighted by molar-refractivity contribution is 5.87. The third-order valence-electron chi connectivity index (χ3n) is 3.35. The maximum Gasteiger partial charge on any atom is 0.305 e. The lowest BCUT2D eigenvalue weighted by Gasteiger charge is -2.45. The summed E-state index contributed by atoms with van der Waals surface area (Å²) >= 11 is 0. The predicted molar refractivity (Wildman–Crippen MR) is 67.4 cm³/mol. The number of carboxylic acid groups (broad SMARTS) is 1. The highest BCUT2D eigenvalue weighted by Gasteiger charge is 2.40. The van der Waals surface area contributed by atoms with Crippen LogP contribution in [0.15, 0.2) is 22.8 Å². The van der Waals surface area contributed by atoms with E-state index in [2.05, 4.69) is 5.32 Å². The molecule has 1 aromatic heterocycles. The van der Waals surface area contributed by atoms with E-state index in [-0.39, 0.29) is 17.9 Å². The van der Waals surface area contributed by atoms with Crippen molar-refractivity contribution in [3.8, 4) is 0 Å². The lowest BCUT2D eigenvalue weighted by Crippen LogP contribution is -2.65. The molecule has 104 valence electrons. The first kappa shape index (κ1) is 13.6. The minimum atomic E-state index is -0.983. The van der Waals surface area contributed by atoms with Gasteiger partial charge in [-0.25, -0.2) is 0 Å². The number of carbonyl (C=O) groups excluding carboxylic acids is 1. The van der Waals surface area contributed by atoms with Crippen molar-refractivity contribution in [2.75, 3.05) is 6.54 Å². The van der Waals surface area contributed by atoms with Crippen LogP contribution >= 0.6 is 0 Å². The number of carbonyl (C=O) groups is 2.